The summed E-state index contributed by atoms with van der Waals surface area (Å²) >= 11 is 3.50. The van der Waals surface area contributed by atoms with Gasteiger partial charge < -0.3 is 10.5 Å². The Morgan fingerprint density at radius 2 is 2.39 bits per heavy atom. The van der Waals surface area contributed by atoms with Gasteiger partial charge in [0.1, 0.15) is 0 Å². The van der Waals surface area contributed by atoms with Crippen LogP contribution in [-0.2, 0) is 11.3 Å². The summed E-state index contributed by atoms with van der Waals surface area (Å²) in [6.07, 6.45) is 2.59. The van der Waals surface area contributed by atoms with E-state index >= 15 is 0 Å². The first-order valence-corrected chi connectivity index (χ1v) is 7.26. The third kappa shape index (κ3) is 3.54. The average Bonchev–Trinajstić information content (AvgIpc) is 2.83. The summed E-state index contributed by atoms with van der Waals surface area (Å²) in [4.78, 5) is 2.30. The van der Waals surface area contributed by atoms with E-state index in [4.69, 9.17) is 10.5 Å². The molecule has 100 valence electrons. The fourth-order valence-corrected chi connectivity index (χ4v) is 3.01. The van der Waals surface area contributed by atoms with E-state index in [1.807, 2.05) is 6.07 Å². The normalized spacial score (nSPS) is 21.4. The van der Waals surface area contributed by atoms with E-state index in [0.717, 1.165) is 30.5 Å². The molecule has 2 N–H and O–H groups in total. The molecule has 4 heteroatoms. The fraction of sp³-hybridized carbons (Fsp3) is 0.571. The predicted octanol–water partition coefficient (Wildman–Crippen LogP) is 2.39. The van der Waals surface area contributed by atoms with Crippen molar-refractivity contribution in [1.82, 2.24) is 4.90 Å². The van der Waals surface area contributed by atoms with Gasteiger partial charge in [0.05, 0.1) is 6.10 Å². The predicted molar refractivity (Wildman–Crippen MR) is 77.4 cm³/mol. The van der Waals surface area contributed by atoms with E-state index in [9.17, 15) is 0 Å². The summed E-state index contributed by atoms with van der Waals surface area (Å²) in [6, 6.07) is 8.72. The Hall–Kier alpha value is -0.420. The maximum Gasteiger partial charge on any atom is 0.0743 e. The summed E-state index contributed by atoms with van der Waals surface area (Å²) in [7, 11) is 2.13. The average molecular weight is 313 g/mol. The van der Waals surface area contributed by atoms with Crippen LogP contribution >= 0.6 is 15.9 Å². The molecule has 0 saturated carbocycles. The molecule has 1 aliphatic heterocycles. The summed E-state index contributed by atoms with van der Waals surface area (Å²) in [6.45, 7) is 2.43. The number of hydrogen-bond donors (Lipinski definition) is 1. The minimum absolute atomic E-state index is 0.298. The lowest BCUT2D eigenvalue weighted by molar-refractivity contribution is 0.0347. The number of ether oxygens (including phenoxy) is 1. The molecule has 1 heterocycles. The van der Waals surface area contributed by atoms with Crippen molar-refractivity contribution in [2.75, 3.05) is 20.2 Å². The summed E-state index contributed by atoms with van der Waals surface area (Å²) in [5, 5.41) is 0. The van der Waals surface area contributed by atoms with Crippen molar-refractivity contribution in [3.8, 4) is 0 Å². The molecule has 0 aliphatic carbocycles. The maximum absolute atomic E-state index is 5.91. The fourth-order valence-electron chi connectivity index (χ4n) is 2.56. The molecule has 1 saturated heterocycles. The molecular formula is C14H21BrN2O. The van der Waals surface area contributed by atoms with Crippen molar-refractivity contribution in [2.45, 2.75) is 31.5 Å². The van der Waals surface area contributed by atoms with E-state index < -0.39 is 0 Å². The van der Waals surface area contributed by atoms with Crippen LogP contribution in [0.2, 0.25) is 0 Å². The smallest absolute Gasteiger partial charge is 0.0743 e. The van der Waals surface area contributed by atoms with Crippen LogP contribution in [-0.4, -0.2) is 37.2 Å². The standard InChI is InChI=1S/C14H21BrN2O/c1-17(10-11-4-2-5-12(15)8-11)13(9-16)14-6-3-7-18-14/h2,4-5,8,13-14H,3,6-7,9-10,16H2,1H3. The Morgan fingerprint density at radius 1 is 1.56 bits per heavy atom. The maximum atomic E-state index is 5.91. The molecule has 0 radical (unpaired) electrons. The zero-order valence-electron chi connectivity index (χ0n) is 10.8. The SMILES string of the molecule is CN(Cc1cccc(Br)c1)C(CN)C1CCCO1. The van der Waals surface area contributed by atoms with Gasteiger partial charge in [0.15, 0.2) is 0 Å². The highest BCUT2D eigenvalue weighted by Gasteiger charge is 2.27. The van der Waals surface area contributed by atoms with Gasteiger partial charge in [-0.15, -0.1) is 0 Å². The van der Waals surface area contributed by atoms with Gasteiger partial charge in [-0.25, -0.2) is 0 Å². The molecule has 1 aliphatic rings. The van der Waals surface area contributed by atoms with E-state index in [1.165, 1.54) is 5.56 Å². The van der Waals surface area contributed by atoms with E-state index in [1.54, 1.807) is 0 Å². The first kappa shape index (κ1) is 14.0. The Balaban J connectivity index is 1.98. The minimum Gasteiger partial charge on any atom is -0.377 e. The number of halogens is 1. The summed E-state index contributed by atoms with van der Waals surface area (Å²) in [5.41, 5.74) is 7.20. The van der Waals surface area contributed by atoms with Gasteiger partial charge in [-0.1, -0.05) is 28.1 Å². The van der Waals surface area contributed by atoms with Gasteiger partial charge in [0.25, 0.3) is 0 Å². The highest BCUT2D eigenvalue weighted by atomic mass is 79.9. The van der Waals surface area contributed by atoms with Crippen LogP contribution in [0.25, 0.3) is 0 Å². The van der Waals surface area contributed by atoms with Crippen molar-refractivity contribution in [2.24, 2.45) is 5.73 Å². The van der Waals surface area contributed by atoms with Crippen LogP contribution < -0.4 is 5.73 Å². The number of likely N-dealkylation sites (N-methyl/N-ethyl adjacent to an activating group) is 1. The Kier molecular flexibility index (Phi) is 5.18. The van der Waals surface area contributed by atoms with Crippen molar-refractivity contribution >= 4 is 15.9 Å². The monoisotopic (exact) mass is 312 g/mol. The molecule has 0 aromatic heterocycles. The number of benzene rings is 1. The lowest BCUT2D eigenvalue weighted by atomic mass is 10.1. The van der Waals surface area contributed by atoms with Gasteiger partial charge in [-0.3, -0.25) is 4.90 Å². The van der Waals surface area contributed by atoms with E-state index in [0.29, 0.717) is 18.7 Å². The Morgan fingerprint density at radius 3 is 3.00 bits per heavy atom. The van der Waals surface area contributed by atoms with Gasteiger partial charge in [-0.05, 0) is 37.6 Å². The zero-order valence-corrected chi connectivity index (χ0v) is 12.4. The Labute approximate surface area is 117 Å². The van der Waals surface area contributed by atoms with Crippen molar-refractivity contribution in [3.05, 3.63) is 34.3 Å². The van der Waals surface area contributed by atoms with Crippen LogP contribution in [0.1, 0.15) is 18.4 Å². The molecule has 3 nitrogen and oxygen atoms in total. The largest absolute Gasteiger partial charge is 0.377 e. The molecule has 1 fully saturated rings. The van der Waals surface area contributed by atoms with Gasteiger partial charge in [-0.2, -0.15) is 0 Å². The lowest BCUT2D eigenvalue weighted by Gasteiger charge is -2.31. The van der Waals surface area contributed by atoms with Gasteiger partial charge in [0, 0.05) is 30.2 Å². The number of hydrogen-bond acceptors (Lipinski definition) is 3. The quantitative estimate of drug-likeness (QED) is 0.907. The van der Waals surface area contributed by atoms with Crippen molar-refractivity contribution in [3.63, 3.8) is 0 Å². The highest BCUT2D eigenvalue weighted by Crippen LogP contribution is 2.20. The third-order valence-corrected chi connectivity index (χ3v) is 4.02. The molecule has 2 rings (SSSR count). The second kappa shape index (κ2) is 6.66. The molecule has 0 bridgehead atoms. The highest BCUT2D eigenvalue weighted by molar-refractivity contribution is 9.10. The van der Waals surface area contributed by atoms with Crippen LogP contribution in [0, 0.1) is 0 Å². The first-order chi connectivity index (χ1) is 8.70. The molecule has 0 amide bonds. The van der Waals surface area contributed by atoms with Crippen LogP contribution in [0.4, 0.5) is 0 Å². The summed E-state index contributed by atoms with van der Waals surface area (Å²) in [5.74, 6) is 0. The second-order valence-corrected chi connectivity index (χ2v) is 5.82. The molecule has 1 aromatic rings. The minimum atomic E-state index is 0.298. The zero-order chi connectivity index (χ0) is 13.0. The molecular weight excluding hydrogens is 292 g/mol. The lowest BCUT2D eigenvalue weighted by Crippen LogP contribution is -2.45. The van der Waals surface area contributed by atoms with Gasteiger partial charge >= 0.3 is 0 Å². The molecule has 18 heavy (non-hydrogen) atoms. The van der Waals surface area contributed by atoms with E-state index in [-0.39, 0.29) is 0 Å². The molecule has 0 spiro atoms. The van der Waals surface area contributed by atoms with Crippen LogP contribution in [0.5, 0.6) is 0 Å². The van der Waals surface area contributed by atoms with Crippen LogP contribution in [0.15, 0.2) is 28.7 Å². The Bertz CT molecular complexity index is 380. The number of nitrogens with zero attached hydrogens (tertiary/aromatic N) is 1. The molecule has 2 unspecified atom stereocenters. The van der Waals surface area contributed by atoms with E-state index in [2.05, 4.69) is 46.1 Å². The topological polar surface area (TPSA) is 38.5 Å². The van der Waals surface area contributed by atoms with Crippen LogP contribution in [0.3, 0.4) is 0 Å². The number of rotatable bonds is 5. The first-order valence-electron chi connectivity index (χ1n) is 6.47. The second-order valence-electron chi connectivity index (χ2n) is 4.90. The molecule has 2 atom stereocenters. The van der Waals surface area contributed by atoms with Gasteiger partial charge in [0.2, 0.25) is 0 Å². The number of nitrogens with two attached hydrogens (primary N) is 1. The van der Waals surface area contributed by atoms with Crippen molar-refractivity contribution in [1.29, 1.82) is 0 Å². The summed E-state index contributed by atoms with van der Waals surface area (Å²) < 4.78 is 6.88. The van der Waals surface area contributed by atoms with Crippen molar-refractivity contribution < 1.29 is 4.74 Å². The molecule has 1 aromatic carbocycles. The third-order valence-electron chi connectivity index (χ3n) is 3.52.